The van der Waals surface area contributed by atoms with Gasteiger partial charge in [-0.1, -0.05) is 0 Å². The molecule has 3 nitrogen and oxygen atoms in total. The van der Waals surface area contributed by atoms with Crippen LogP contribution < -0.4 is 5.32 Å². The average Bonchev–Trinajstić information content (AvgIpc) is 2.87. The topological polar surface area (TPSA) is 34.2 Å². The van der Waals surface area contributed by atoms with Gasteiger partial charge in [0.2, 0.25) is 0 Å². The monoisotopic (exact) mass is 212 g/mol. The Kier molecular flexibility index (Phi) is 3.50. The highest BCUT2D eigenvalue weighted by Gasteiger charge is 2.21. The van der Waals surface area contributed by atoms with E-state index in [-0.39, 0.29) is 0 Å². The lowest BCUT2D eigenvalue weighted by molar-refractivity contribution is 0.0833. The van der Waals surface area contributed by atoms with Crippen molar-refractivity contribution in [3.8, 4) is 0 Å². The van der Waals surface area contributed by atoms with E-state index in [1.807, 2.05) is 11.7 Å². The van der Waals surface area contributed by atoms with Crippen LogP contribution in [0.3, 0.4) is 0 Å². The highest BCUT2D eigenvalue weighted by atomic mass is 32.1. The molecule has 0 saturated carbocycles. The highest BCUT2D eigenvalue weighted by molar-refractivity contribution is 7.09. The van der Waals surface area contributed by atoms with Crippen LogP contribution >= 0.6 is 11.3 Å². The lowest BCUT2D eigenvalue weighted by Gasteiger charge is -2.19. The van der Waals surface area contributed by atoms with Crippen molar-refractivity contribution < 1.29 is 4.74 Å². The largest absolute Gasteiger partial charge is 0.377 e. The van der Waals surface area contributed by atoms with E-state index in [1.54, 1.807) is 11.3 Å². The predicted octanol–water partition coefficient (Wildman–Crippen LogP) is 1.80. The van der Waals surface area contributed by atoms with Crippen molar-refractivity contribution >= 4 is 11.3 Å². The predicted molar refractivity (Wildman–Crippen MR) is 57.4 cm³/mol. The van der Waals surface area contributed by atoms with Gasteiger partial charge >= 0.3 is 0 Å². The summed E-state index contributed by atoms with van der Waals surface area (Å²) in [5.74, 6) is 0. The number of ether oxygens (including phenoxy) is 1. The molecule has 2 rings (SSSR count). The molecule has 0 aromatic carbocycles. The van der Waals surface area contributed by atoms with Crippen LogP contribution in [-0.2, 0) is 11.3 Å². The quantitative estimate of drug-likeness (QED) is 0.826. The molecule has 1 aliphatic rings. The van der Waals surface area contributed by atoms with E-state index in [1.165, 1.54) is 17.7 Å². The summed E-state index contributed by atoms with van der Waals surface area (Å²) in [5.41, 5.74) is 1.87. The van der Waals surface area contributed by atoms with Crippen molar-refractivity contribution in [2.24, 2.45) is 0 Å². The van der Waals surface area contributed by atoms with Gasteiger partial charge in [0.15, 0.2) is 0 Å². The number of hydrogen-bond donors (Lipinski definition) is 1. The van der Waals surface area contributed by atoms with Crippen LogP contribution in [0, 0.1) is 0 Å². The maximum Gasteiger partial charge on any atom is 0.0794 e. The van der Waals surface area contributed by atoms with Gasteiger partial charge in [0.05, 0.1) is 11.6 Å². The summed E-state index contributed by atoms with van der Waals surface area (Å²) in [6.45, 7) is 4.03. The molecule has 1 N–H and O–H groups in total. The minimum atomic E-state index is 0.405. The summed E-state index contributed by atoms with van der Waals surface area (Å²) >= 11 is 1.69. The minimum absolute atomic E-state index is 0.405. The second kappa shape index (κ2) is 4.87. The molecule has 1 aliphatic heterocycles. The minimum Gasteiger partial charge on any atom is -0.377 e. The van der Waals surface area contributed by atoms with Crippen molar-refractivity contribution in [1.82, 2.24) is 10.3 Å². The average molecular weight is 212 g/mol. The van der Waals surface area contributed by atoms with Crippen LogP contribution in [0.1, 0.15) is 24.6 Å². The first-order chi connectivity index (χ1) is 6.86. The fourth-order valence-electron chi connectivity index (χ4n) is 1.72. The molecule has 2 heterocycles. The van der Waals surface area contributed by atoms with Crippen molar-refractivity contribution in [2.75, 3.05) is 6.61 Å². The van der Waals surface area contributed by atoms with E-state index in [2.05, 4.69) is 17.2 Å². The van der Waals surface area contributed by atoms with E-state index in [9.17, 15) is 0 Å². The first-order valence-corrected chi connectivity index (χ1v) is 5.96. The number of hydrogen-bond acceptors (Lipinski definition) is 4. The zero-order valence-corrected chi connectivity index (χ0v) is 9.22. The third kappa shape index (κ3) is 2.53. The first kappa shape index (κ1) is 10.1. The molecular weight excluding hydrogens is 196 g/mol. The van der Waals surface area contributed by atoms with Gasteiger partial charge in [-0.05, 0) is 19.8 Å². The van der Waals surface area contributed by atoms with E-state index >= 15 is 0 Å². The molecule has 1 aromatic heterocycles. The van der Waals surface area contributed by atoms with E-state index in [0.29, 0.717) is 12.1 Å². The molecule has 14 heavy (non-hydrogen) atoms. The second-order valence-corrected chi connectivity index (χ2v) is 4.66. The van der Waals surface area contributed by atoms with Crippen molar-refractivity contribution in [2.45, 2.75) is 38.5 Å². The smallest absolute Gasteiger partial charge is 0.0794 e. The Morgan fingerprint density at radius 2 is 2.71 bits per heavy atom. The molecule has 2 atom stereocenters. The van der Waals surface area contributed by atoms with Crippen molar-refractivity contribution in [3.63, 3.8) is 0 Å². The molecule has 0 bridgehead atoms. The number of aromatic nitrogens is 1. The molecule has 78 valence electrons. The van der Waals surface area contributed by atoms with Gasteiger partial charge in [-0.25, -0.2) is 0 Å². The van der Waals surface area contributed by atoms with Gasteiger partial charge in [-0.3, -0.25) is 4.98 Å². The lowest BCUT2D eigenvalue weighted by atomic mass is 10.1. The molecule has 1 saturated heterocycles. The summed E-state index contributed by atoms with van der Waals surface area (Å²) in [6.07, 6.45) is 4.72. The molecular formula is C10H16N2OS. The van der Waals surface area contributed by atoms with Crippen LogP contribution in [0.25, 0.3) is 0 Å². The first-order valence-electron chi connectivity index (χ1n) is 5.08. The molecule has 0 aliphatic carbocycles. The molecule has 1 fully saturated rings. The van der Waals surface area contributed by atoms with Crippen LogP contribution in [0.15, 0.2) is 11.7 Å². The lowest BCUT2D eigenvalue weighted by Crippen LogP contribution is -2.36. The Hall–Kier alpha value is -0.450. The van der Waals surface area contributed by atoms with Crippen molar-refractivity contribution in [1.29, 1.82) is 0 Å². The fourth-order valence-corrected chi connectivity index (χ4v) is 2.26. The summed E-state index contributed by atoms with van der Waals surface area (Å²) in [6, 6.07) is 0.444. The number of nitrogens with zero attached hydrogens (tertiary/aromatic N) is 1. The zero-order valence-electron chi connectivity index (χ0n) is 8.40. The van der Waals surface area contributed by atoms with Gasteiger partial charge in [0.25, 0.3) is 0 Å². The Bertz CT molecular complexity index is 257. The molecule has 4 heteroatoms. The second-order valence-electron chi connectivity index (χ2n) is 3.69. The maximum atomic E-state index is 5.61. The zero-order chi connectivity index (χ0) is 9.80. The van der Waals surface area contributed by atoms with Gasteiger partial charge in [-0.2, -0.15) is 0 Å². The van der Waals surface area contributed by atoms with Gasteiger partial charge in [-0.15, -0.1) is 11.3 Å². The number of nitrogens with one attached hydrogen (secondary N) is 1. The number of thiazole rings is 1. The Labute approximate surface area is 88.5 Å². The normalized spacial score (nSPS) is 23.9. The van der Waals surface area contributed by atoms with E-state index < -0.39 is 0 Å². The molecule has 1 aromatic rings. The van der Waals surface area contributed by atoms with Crippen LogP contribution in [-0.4, -0.2) is 23.7 Å². The SMILES string of the molecule is CC(NCc1cncs1)C1CCCO1. The van der Waals surface area contributed by atoms with Crippen LogP contribution in [0.5, 0.6) is 0 Å². The Morgan fingerprint density at radius 3 is 3.36 bits per heavy atom. The summed E-state index contributed by atoms with van der Waals surface area (Å²) in [7, 11) is 0. The summed E-state index contributed by atoms with van der Waals surface area (Å²) in [4.78, 5) is 5.33. The maximum absolute atomic E-state index is 5.61. The summed E-state index contributed by atoms with van der Waals surface area (Å²) < 4.78 is 5.61. The van der Waals surface area contributed by atoms with E-state index in [4.69, 9.17) is 4.74 Å². The van der Waals surface area contributed by atoms with Gasteiger partial charge in [0.1, 0.15) is 0 Å². The van der Waals surface area contributed by atoms with E-state index in [0.717, 1.165) is 13.2 Å². The highest BCUT2D eigenvalue weighted by Crippen LogP contribution is 2.16. The molecule has 0 amide bonds. The van der Waals surface area contributed by atoms with Crippen molar-refractivity contribution in [3.05, 3.63) is 16.6 Å². The molecule has 0 radical (unpaired) electrons. The number of rotatable bonds is 4. The Balaban J connectivity index is 1.74. The van der Waals surface area contributed by atoms with Gasteiger partial charge in [0, 0.05) is 30.3 Å². The molecule has 0 spiro atoms. The van der Waals surface area contributed by atoms with Gasteiger partial charge < -0.3 is 10.1 Å². The Morgan fingerprint density at radius 1 is 1.79 bits per heavy atom. The molecule has 2 unspecified atom stereocenters. The standard InChI is InChI=1S/C10H16N2OS/c1-8(10-3-2-4-13-10)12-6-9-5-11-7-14-9/h5,7-8,10,12H,2-4,6H2,1H3. The third-order valence-corrected chi connectivity index (χ3v) is 3.38. The van der Waals surface area contributed by atoms with Crippen LogP contribution in [0.4, 0.5) is 0 Å². The third-order valence-electron chi connectivity index (χ3n) is 2.60. The summed E-state index contributed by atoms with van der Waals surface area (Å²) in [5, 5.41) is 3.47. The fraction of sp³-hybridized carbons (Fsp3) is 0.700. The van der Waals surface area contributed by atoms with Crippen LogP contribution in [0.2, 0.25) is 0 Å².